The fourth-order valence-electron chi connectivity index (χ4n) is 4.01. The summed E-state index contributed by atoms with van der Waals surface area (Å²) in [6.07, 6.45) is 0. The van der Waals surface area contributed by atoms with Crippen LogP contribution in [-0.2, 0) is 9.59 Å². The van der Waals surface area contributed by atoms with Crippen molar-refractivity contribution in [3.63, 3.8) is 0 Å². The second-order valence-corrected chi connectivity index (χ2v) is 7.86. The number of hydrogen-bond acceptors (Lipinski definition) is 5. The highest BCUT2D eigenvalue weighted by Crippen LogP contribution is 2.52. The van der Waals surface area contributed by atoms with Gasteiger partial charge in [-0.2, -0.15) is 0 Å². The first-order valence-corrected chi connectivity index (χ1v) is 9.74. The molecule has 6 nitrogen and oxygen atoms in total. The summed E-state index contributed by atoms with van der Waals surface area (Å²) in [5.41, 5.74) is 0.474. The average molecular weight is 379 g/mol. The Balaban J connectivity index is 1.63. The summed E-state index contributed by atoms with van der Waals surface area (Å²) in [6.45, 7) is 1.82. The smallest absolute Gasteiger partial charge is 0.239 e. The highest BCUT2D eigenvalue weighted by Gasteiger charge is 2.59. The van der Waals surface area contributed by atoms with Crippen molar-refractivity contribution < 1.29 is 14.3 Å². The Labute approximate surface area is 160 Å². The molecule has 0 aromatic heterocycles. The van der Waals surface area contributed by atoms with Crippen LogP contribution in [0.15, 0.2) is 59.6 Å². The molecule has 0 aliphatic carbocycles. The minimum atomic E-state index is -1.07. The number of aliphatic imine (C=N–C) groups is 1. The summed E-state index contributed by atoms with van der Waals surface area (Å²) in [5.74, 6) is 0.108. The molecule has 136 valence electrons. The normalized spacial score (nSPS) is 28.0. The minimum absolute atomic E-state index is 0.0278. The van der Waals surface area contributed by atoms with Crippen LogP contribution in [0.4, 0.5) is 5.69 Å². The number of thioether (sulfide) groups is 1. The third-order valence-corrected chi connectivity index (χ3v) is 6.10. The van der Waals surface area contributed by atoms with Gasteiger partial charge in [0.1, 0.15) is 11.7 Å². The molecule has 2 amide bonds. The molecule has 2 aromatic rings. The molecule has 1 fully saturated rings. The number of ether oxygens (including phenoxy) is 1. The van der Waals surface area contributed by atoms with E-state index >= 15 is 0 Å². The van der Waals surface area contributed by atoms with E-state index in [2.05, 4.69) is 5.32 Å². The van der Waals surface area contributed by atoms with Gasteiger partial charge >= 0.3 is 0 Å². The third kappa shape index (κ3) is 2.45. The molecule has 27 heavy (non-hydrogen) atoms. The SMILES string of the molecule is C[C@@]12N=C3SCC(=O)N3[C@@H](c3ccccc3O1)[C@H]2C(=O)Nc1ccccc1. The van der Waals surface area contributed by atoms with Crippen LogP contribution in [0.25, 0.3) is 0 Å². The Bertz CT molecular complexity index is 977. The van der Waals surface area contributed by atoms with Gasteiger partial charge < -0.3 is 10.1 Å². The summed E-state index contributed by atoms with van der Waals surface area (Å²) in [6, 6.07) is 16.4. The average Bonchev–Trinajstić information content (AvgIpc) is 3.01. The van der Waals surface area contributed by atoms with Crippen LogP contribution in [0.1, 0.15) is 18.5 Å². The summed E-state index contributed by atoms with van der Waals surface area (Å²) in [5, 5.41) is 3.59. The van der Waals surface area contributed by atoms with Crippen molar-refractivity contribution in [2.45, 2.75) is 18.7 Å². The number of benzene rings is 2. The molecule has 3 aliphatic rings. The number of anilines is 1. The maximum Gasteiger partial charge on any atom is 0.239 e. The van der Waals surface area contributed by atoms with Crippen molar-refractivity contribution in [2.75, 3.05) is 11.1 Å². The first kappa shape index (κ1) is 16.4. The number of carbonyl (C=O) groups excluding carboxylic acids is 2. The van der Waals surface area contributed by atoms with Crippen molar-refractivity contribution >= 4 is 34.4 Å². The highest BCUT2D eigenvalue weighted by molar-refractivity contribution is 8.15. The van der Waals surface area contributed by atoms with Gasteiger partial charge in [0.2, 0.25) is 17.5 Å². The molecule has 1 N–H and O–H groups in total. The van der Waals surface area contributed by atoms with Crippen LogP contribution in [0.2, 0.25) is 0 Å². The fraction of sp³-hybridized carbons (Fsp3) is 0.250. The number of para-hydroxylation sites is 2. The van der Waals surface area contributed by atoms with Gasteiger partial charge in [-0.1, -0.05) is 48.2 Å². The standard InChI is InChI=1S/C20H17N3O3S/c1-20-16(18(25)21-12-7-3-2-4-8-12)17(13-9-5-6-10-14(13)26-20)23-15(24)11-27-19(23)22-20/h2-10,16-17H,11H2,1H3,(H,21,25)/t16-,17-,20+/m0/s1. The molecule has 0 unspecified atom stereocenters. The summed E-state index contributed by atoms with van der Waals surface area (Å²) in [7, 11) is 0. The van der Waals surface area contributed by atoms with Crippen LogP contribution in [0.5, 0.6) is 5.75 Å². The lowest BCUT2D eigenvalue weighted by atomic mass is 9.79. The lowest BCUT2D eigenvalue weighted by Crippen LogP contribution is -2.59. The first-order valence-electron chi connectivity index (χ1n) is 8.75. The summed E-state index contributed by atoms with van der Waals surface area (Å²) in [4.78, 5) is 32.2. The number of fused-ring (bicyclic) bond motifs is 6. The molecule has 3 aliphatic heterocycles. The van der Waals surface area contributed by atoms with E-state index in [9.17, 15) is 9.59 Å². The Morgan fingerprint density at radius 1 is 1.22 bits per heavy atom. The molecule has 5 rings (SSSR count). The molecule has 7 heteroatoms. The molecule has 0 spiro atoms. The molecule has 0 saturated carbocycles. The van der Waals surface area contributed by atoms with Gasteiger partial charge in [0.15, 0.2) is 5.17 Å². The van der Waals surface area contributed by atoms with Gasteiger partial charge in [0.05, 0.1) is 11.8 Å². The summed E-state index contributed by atoms with van der Waals surface area (Å²) >= 11 is 1.40. The van der Waals surface area contributed by atoms with Gasteiger partial charge in [0, 0.05) is 11.3 Å². The number of hydrogen-bond donors (Lipinski definition) is 1. The van der Waals surface area contributed by atoms with Crippen LogP contribution >= 0.6 is 11.8 Å². The number of nitrogens with zero attached hydrogens (tertiary/aromatic N) is 2. The molecule has 0 radical (unpaired) electrons. The van der Waals surface area contributed by atoms with Crippen molar-refractivity contribution in [1.82, 2.24) is 4.90 Å². The molecule has 2 bridgehead atoms. The molecule has 1 saturated heterocycles. The predicted octanol–water partition coefficient (Wildman–Crippen LogP) is 3.04. The second-order valence-electron chi connectivity index (χ2n) is 6.92. The molecule has 3 heterocycles. The number of amidine groups is 1. The van der Waals surface area contributed by atoms with Crippen molar-refractivity contribution in [1.29, 1.82) is 0 Å². The number of amides is 2. The largest absolute Gasteiger partial charge is 0.465 e. The fourth-order valence-corrected chi connectivity index (χ4v) is 5.00. The maximum absolute atomic E-state index is 13.3. The maximum atomic E-state index is 13.3. The zero-order valence-electron chi connectivity index (χ0n) is 14.6. The van der Waals surface area contributed by atoms with Gasteiger partial charge in [-0.25, -0.2) is 4.99 Å². The van der Waals surface area contributed by atoms with Crippen LogP contribution < -0.4 is 10.1 Å². The molecular formula is C20H17N3O3S. The van der Waals surface area contributed by atoms with E-state index in [1.165, 1.54) is 11.8 Å². The van der Waals surface area contributed by atoms with E-state index in [0.29, 0.717) is 22.4 Å². The lowest BCUT2D eigenvalue weighted by Gasteiger charge is -2.49. The topological polar surface area (TPSA) is 71.0 Å². The van der Waals surface area contributed by atoms with E-state index in [1.807, 2.05) is 61.5 Å². The molecule has 3 atom stereocenters. The highest BCUT2D eigenvalue weighted by atomic mass is 32.2. The monoisotopic (exact) mass is 379 g/mol. The Morgan fingerprint density at radius 3 is 2.78 bits per heavy atom. The molecule has 2 aromatic carbocycles. The van der Waals surface area contributed by atoms with E-state index in [-0.39, 0.29) is 11.8 Å². The van der Waals surface area contributed by atoms with Gasteiger partial charge in [-0.3, -0.25) is 14.5 Å². The Morgan fingerprint density at radius 2 is 1.96 bits per heavy atom. The Kier molecular flexibility index (Phi) is 3.55. The van der Waals surface area contributed by atoms with Crippen LogP contribution in [-0.4, -0.2) is 33.4 Å². The zero-order chi connectivity index (χ0) is 18.6. The van der Waals surface area contributed by atoms with E-state index in [1.54, 1.807) is 4.90 Å². The third-order valence-electron chi connectivity index (χ3n) is 5.17. The lowest BCUT2D eigenvalue weighted by molar-refractivity contribution is -0.139. The first-order chi connectivity index (χ1) is 13.1. The predicted molar refractivity (Wildman–Crippen MR) is 104 cm³/mol. The number of rotatable bonds is 2. The summed E-state index contributed by atoms with van der Waals surface area (Å²) < 4.78 is 6.21. The van der Waals surface area contributed by atoms with Crippen LogP contribution in [0.3, 0.4) is 0 Å². The number of nitrogens with one attached hydrogen (secondary N) is 1. The van der Waals surface area contributed by atoms with Crippen LogP contribution in [0, 0.1) is 5.92 Å². The van der Waals surface area contributed by atoms with Gasteiger partial charge in [-0.05, 0) is 25.1 Å². The van der Waals surface area contributed by atoms with Crippen molar-refractivity contribution in [3.05, 3.63) is 60.2 Å². The van der Waals surface area contributed by atoms with Gasteiger partial charge in [0.25, 0.3) is 0 Å². The van der Waals surface area contributed by atoms with E-state index < -0.39 is 17.7 Å². The second kappa shape index (κ2) is 5.85. The van der Waals surface area contributed by atoms with E-state index in [0.717, 1.165) is 5.56 Å². The quantitative estimate of drug-likeness (QED) is 0.871. The van der Waals surface area contributed by atoms with Crippen molar-refractivity contribution in [2.24, 2.45) is 10.9 Å². The Hall–Kier alpha value is -2.80. The number of carbonyl (C=O) groups is 2. The van der Waals surface area contributed by atoms with E-state index in [4.69, 9.17) is 9.73 Å². The van der Waals surface area contributed by atoms with Gasteiger partial charge in [-0.15, -0.1) is 0 Å². The van der Waals surface area contributed by atoms with Crippen molar-refractivity contribution in [3.8, 4) is 5.75 Å². The molecular weight excluding hydrogens is 362 g/mol. The zero-order valence-corrected chi connectivity index (χ0v) is 15.4. The minimum Gasteiger partial charge on any atom is -0.465 e.